The van der Waals surface area contributed by atoms with E-state index >= 15 is 0 Å². The van der Waals surface area contributed by atoms with Gasteiger partial charge in [0, 0.05) is 29.2 Å². The second kappa shape index (κ2) is 7.81. The zero-order valence-corrected chi connectivity index (χ0v) is 16.9. The zero-order valence-electron chi connectivity index (χ0n) is 15.3. The third-order valence-corrected chi connectivity index (χ3v) is 5.70. The number of halogens is 1. The first-order chi connectivity index (χ1) is 13.1. The number of nitrogens with zero attached hydrogens (tertiary/aromatic N) is 1. The van der Waals surface area contributed by atoms with Crippen LogP contribution in [0.15, 0.2) is 42.5 Å². The number of fused-ring (bicyclic) bond motifs is 1. The molecule has 0 radical (unpaired) electrons. The summed E-state index contributed by atoms with van der Waals surface area (Å²) in [7, 11) is -3.58. The molecule has 0 saturated carbocycles. The Kier molecular flexibility index (Phi) is 5.62. The van der Waals surface area contributed by atoms with Gasteiger partial charge >= 0.3 is 0 Å². The van der Waals surface area contributed by atoms with Gasteiger partial charge in [-0.05, 0) is 37.3 Å². The highest BCUT2D eigenvalue weighted by molar-refractivity contribution is 7.92. The number of benzene rings is 2. The van der Waals surface area contributed by atoms with Crippen molar-refractivity contribution in [3.63, 3.8) is 0 Å². The number of anilines is 2. The summed E-state index contributed by atoms with van der Waals surface area (Å²) in [5.41, 5.74) is 1.23. The van der Waals surface area contributed by atoms with E-state index in [-0.39, 0.29) is 24.5 Å². The first-order valence-electron chi connectivity index (χ1n) is 8.51. The Hall–Kier alpha value is -2.58. The van der Waals surface area contributed by atoms with E-state index in [1.807, 2.05) is 0 Å². The van der Waals surface area contributed by atoms with Gasteiger partial charge in [0.25, 0.3) is 5.91 Å². The number of amides is 1. The van der Waals surface area contributed by atoms with Gasteiger partial charge in [-0.15, -0.1) is 0 Å². The van der Waals surface area contributed by atoms with Crippen LogP contribution in [-0.2, 0) is 14.8 Å². The van der Waals surface area contributed by atoms with Crippen LogP contribution in [0.25, 0.3) is 0 Å². The number of rotatable bonds is 4. The summed E-state index contributed by atoms with van der Waals surface area (Å²) < 4.78 is 31.3. The summed E-state index contributed by atoms with van der Waals surface area (Å²) in [5, 5.41) is 3.08. The lowest BCUT2D eigenvalue weighted by molar-refractivity contribution is -0.122. The molecule has 0 fully saturated rings. The number of hydrogen-bond acceptors (Lipinski definition) is 5. The molecular weight excluding hydrogens is 404 g/mol. The molecule has 1 atom stereocenters. The fraction of sp³-hybridized carbons (Fsp3) is 0.263. The number of Topliss-reactive ketones (excluding diaryl/α,β-unsaturated/α-hetero) is 1. The molecular formula is C19H19ClN2O5S. The molecule has 1 aliphatic rings. The van der Waals surface area contributed by atoms with Crippen molar-refractivity contribution in [2.45, 2.75) is 19.4 Å². The molecule has 0 unspecified atom stereocenters. The normalized spacial score (nSPS) is 16.5. The Morgan fingerprint density at radius 2 is 1.96 bits per heavy atom. The molecule has 0 aliphatic carbocycles. The van der Waals surface area contributed by atoms with Crippen molar-refractivity contribution in [1.82, 2.24) is 0 Å². The molecule has 2 aromatic carbocycles. The molecule has 2 aromatic rings. The quantitative estimate of drug-likeness (QED) is 0.764. The van der Waals surface area contributed by atoms with Crippen LogP contribution in [0.3, 0.4) is 0 Å². The van der Waals surface area contributed by atoms with E-state index < -0.39 is 22.0 Å². The zero-order chi connectivity index (χ0) is 20.5. The lowest BCUT2D eigenvalue weighted by Gasteiger charge is -2.21. The summed E-state index contributed by atoms with van der Waals surface area (Å²) in [6.07, 6.45) is 0.329. The summed E-state index contributed by atoms with van der Waals surface area (Å²) in [6.45, 7) is 1.51. The van der Waals surface area contributed by atoms with Gasteiger partial charge in [0.1, 0.15) is 5.75 Å². The molecule has 9 heteroatoms. The largest absolute Gasteiger partial charge is 0.478 e. The van der Waals surface area contributed by atoms with Crippen LogP contribution in [0.1, 0.15) is 23.7 Å². The molecule has 1 aliphatic heterocycles. The van der Waals surface area contributed by atoms with Crippen LogP contribution in [0.2, 0.25) is 5.02 Å². The van der Waals surface area contributed by atoms with Crippen LogP contribution in [-0.4, -0.2) is 39.0 Å². The van der Waals surface area contributed by atoms with Crippen molar-refractivity contribution in [1.29, 1.82) is 0 Å². The minimum atomic E-state index is -3.58. The van der Waals surface area contributed by atoms with Crippen LogP contribution in [0.4, 0.5) is 11.4 Å². The number of ketones is 1. The Labute approximate surface area is 168 Å². The number of sulfonamides is 1. The number of ether oxygens (including phenoxy) is 1. The fourth-order valence-corrected chi connectivity index (χ4v) is 4.02. The summed E-state index contributed by atoms with van der Waals surface area (Å²) in [5.74, 6) is -0.293. The highest BCUT2D eigenvalue weighted by Gasteiger charge is 2.31. The number of hydrogen-bond donors (Lipinski definition) is 1. The Morgan fingerprint density at radius 1 is 1.21 bits per heavy atom. The summed E-state index contributed by atoms with van der Waals surface area (Å²) in [4.78, 5) is 24.2. The average Bonchev–Trinajstić information content (AvgIpc) is 2.81. The van der Waals surface area contributed by atoms with Gasteiger partial charge in [0.15, 0.2) is 11.9 Å². The highest BCUT2D eigenvalue weighted by atomic mass is 35.5. The van der Waals surface area contributed by atoms with Crippen molar-refractivity contribution in [3.8, 4) is 5.75 Å². The number of carbonyl (C=O) groups is 2. The van der Waals surface area contributed by atoms with Crippen molar-refractivity contribution < 1.29 is 22.7 Å². The van der Waals surface area contributed by atoms with E-state index in [4.69, 9.17) is 16.3 Å². The molecule has 0 aromatic heterocycles. The van der Waals surface area contributed by atoms with Crippen molar-refractivity contribution >= 4 is 44.7 Å². The molecule has 148 valence electrons. The first-order valence-corrected chi connectivity index (χ1v) is 10.7. The van der Waals surface area contributed by atoms with Crippen LogP contribution >= 0.6 is 11.6 Å². The SMILES string of the molecule is CC(=O)c1cccc(NC(=O)[C@H]2CCN(S(C)(=O)=O)c3cc(Cl)ccc3O2)c1. The molecule has 7 nitrogen and oxygen atoms in total. The Balaban J connectivity index is 1.86. The predicted octanol–water partition coefficient (Wildman–Crippen LogP) is 3.10. The van der Waals surface area contributed by atoms with E-state index in [1.54, 1.807) is 30.3 Å². The number of carbonyl (C=O) groups excluding carboxylic acids is 2. The van der Waals surface area contributed by atoms with Gasteiger partial charge in [0.2, 0.25) is 10.0 Å². The first kappa shape index (κ1) is 20.2. The van der Waals surface area contributed by atoms with Crippen molar-refractivity contribution in [2.24, 2.45) is 0 Å². The summed E-state index contributed by atoms with van der Waals surface area (Å²) in [6, 6.07) is 11.2. The van der Waals surface area contributed by atoms with Crippen molar-refractivity contribution in [2.75, 3.05) is 22.4 Å². The van der Waals surface area contributed by atoms with Crippen LogP contribution in [0, 0.1) is 0 Å². The van der Waals surface area contributed by atoms with Gasteiger partial charge in [-0.25, -0.2) is 8.42 Å². The standard InChI is InChI=1S/C19H19ClN2O5S/c1-12(23)13-4-3-5-15(10-13)21-19(24)18-8-9-22(28(2,25)26)16-11-14(20)6-7-17(16)27-18/h3-7,10-11,18H,8-9H2,1-2H3,(H,21,24)/t18-/m1/s1. The topological polar surface area (TPSA) is 92.8 Å². The highest BCUT2D eigenvalue weighted by Crippen LogP contribution is 2.36. The third-order valence-electron chi connectivity index (χ3n) is 4.28. The van der Waals surface area contributed by atoms with Crippen LogP contribution in [0.5, 0.6) is 5.75 Å². The van der Waals surface area contributed by atoms with Crippen LogP contribution < -0.4 is 14.4 Å². The van der Waals surface area contributed by atoms with Gasteiger partial charge < -0.3 is 10.1 Å². The van der Waals surface area contributed by atoms with E-state index in [0.29, 0.717) is 22.0 Å². The maximum atomic E-state index is 12.7. The molecule has 1 N–H and O–H groups in total. The van der Waals surface area contributed by atoms with Gasteiger partial charge in [-0.2, -0.15) is 0 Å². The second-order valence-corrected chi connectivity index (χ2v) is 8.81. The minimum Gasteiger partial charge on any atom is -0.478 e. The second-order valence-electron chi connectivity index (χ2n) is 6.47. The number of nitrogens with one attached hydrogen (secondary N) is 1. The third kappa shape index (κ3) is 4.45. The molecule has 28 heavy (non-hydrogen) atoms. The summed E-state index contributed by atoms with van der Waals surface area (Å²) >= 11 is 6.01. The molecule has 1 heterocycles. The fourth-order valence-electron chi connectivity index (χ4n) is 2.92. The molecule has 3 rings (SSSR count). The van der Waals surface area contributed by atoms with Gasteiger partial charge in [-0.1, -0.05) is 23.7 Å². The maximum absolute atomic E-state index is 12.7. The van der Waals surface area contributed by atoms with E-state index in [9.17, 15) is 18.0 Å². The Morgan fingerprint density at radius 3 is 2.64 bits per heavy atom. The van der Waals surface area contributed by atoms with Gasteiger partial charge in [-0.3, -0.25) is 13.9 Å². The average molecular weight is 423 g/mol. The minimum absolute atomic E-state index is 0.0672. The molecule has 1 amide bonds. The monoisotopic (exact) mass is 422 g/mol. The molecule has 0 bridgehead atoms. The van der Waals surface area contributed by atoms with E-state index in [1.165, 1.54) is 23.4 Å². The van der Waals surface area contributed by atoms with E-state index in [2.05, 4.69) is 5.32 Å². The van der Waals surface area contributed by atoms with Gasteiger partial charge in [0.05, 0.1) is 11.9 Å². The lowest BCUT2D eigenvalue weighted by atomic mass is 10.1. The maximum Gasteiger partial charge on any atom is 0.265 e. The van der Waals surface area contributed by atoms with E-state index in [0.717, 1.165) is 6.26 Å². The Bertz CT molecular complexity index is 1040. The smallest absolute Gasteiger partial charge is 0.265 e. The lowest BCUT2D eigenvalue weighted by Crippen LogP contribution is -2.36. The molecule has 0 saturated heterocycles. The molecule has 0 spiro atoms. The van der Waals surface area contributed by atoms with Crippen molar-refractivity contribution in [3.05, 3.63) is 53.1 Å². The predicted molar refractivity (Wildman–Crippen MR) is 108 cm³/mol.